The van der Waals surface area contributed by atoms with Crippen molar-refractivity contribution in [1.82, 2.24) is 0 Å². The zero-order valence-corrected chi connectivity index (χ0v) is 10.1. The summed E-state index contributed by atoms with van der Waals surface area (Å²) in [7, 11) is 1.44. The van der Waals surface area contributed by atoms with E-state index < -0.39 is 6.10 Å². The van der Waals surface area contributed by atoms with E-state index in [1.54, 1.807) is 6.07 Å². The molecule has 0 unspecified atom stereocenters. The van der Waals surface area contributed by atoms with Gasteiger partial charge >= 0.3 is 0 Å². The summed E-state index contributed by atoms with van der Waals surface area (Å²) in [5, 5.41) is 29.0. The first-order valence-electron chi connectivity index (χ1n) is 5.85. The summed E-state index contributed by atoms with van der Waals surface area (Å²) in [6, 6.07) is 1.57. The van der Waals surface area contributed by atoms with E-state index in [-0.39, 0.29) is 36.5 Å². The Kier molecular flexibility index (Phi) is 3.54. The molecule has 0 aliphatic heterocycles. The normalized spacial score (nSPS) is 18.6. The summed E-state index contributed by atoms with van der Waals surface area (Å²) in [6.07, 6.45) is 0.00664. The molecule has 0 saturated heterocycles. The van der Waals surface area contributed by atoms with Crippen molar-refractivity contribution in [1.29, 1.82) is 0 Å². The number of Topliss-reactive ketones (excluding diaryl/α,β-unsaturated/α-hetero) is 1. The topological polar surface area (TPSA) is 87.0 Å². The van der Waals surface area contributed by atoms with Gasteiger partial charge in [-0.15, -0.1) is 0 Å². The number of ketones is 1. The molecule has 0 saturated carbocycles. The fourth-order valence-corrected chi connectivity index (χ4v) is 2.34. The number of rotatable bonds is 3. The van der Waals surface area contributed by atoms with Crippen LogP contribution in [0, 0.1) is 0 Å². The number of phenolic OH excluding ortho intramolecular Hbond substituents is 1. The summed E-state index contributed by atoms with van der Waals surface area (Å²) < 4.78 is 5.13. The first-order valence-corrected chi connectivity index (χ1v) is 5.85. The van der Waals surface area contributed by atoms with E-state index in [0.717, 1.165) is 0 Å². The lowest BCUT2D eigenvalue weighted by Gasteiger charge is -2.24. The van der Waals surface area contributed by atoms with Gasteiger partial charge in [-0.2, -0.15) is 0 Å². The smallest absolute Gasteiger partial charge is 0.167 e. The second-order valence-electron chi connectivity index (χ2n) is 4.32. The summed E-state index contributed by atoms with van der Waals surface area (Å²) in [5.41, 5.74) is 0.974. The molecule has 3 N–H and O–H groups in total. The summed E-state index contributed by atoms with van der Waals surface area (Å²) >= 11 is 0. The van der Waals surface area contributed by atoms with Gasteiger partial charge in [0.15, 0.2) is 5.78 Å². The molecular formula is C13H16O5. The van der Waals surface area contributed by atoms with Gasteiger partial charge in [-0.3, -0.25) is 4.79 Å². The Labute approximate surface area is 105 Å². The summed E-state index contributed by atoms with van der Waals surface area (Å²) in [4.78, 5) is 11.8. The largest absolute Gasteiger partial charge is 0.507 e. The Hall–Kier alpha value is -1.59. The van der Waals surface area contributed by atoms with Crippen LogP contribution in [0.5, 0.6) is 11.5 Å². The number of fused-ring (bicyclic) bond motifs is 1. The van der Waals surface area contributed by atoms with Crippen LogP contribution in [-0.4, -0.2) is 34.8 Å². The molecule has 0 bridgehead atoms. The van der Waals surface area contributed by atoms with Crippen LogP contribution in [0.4, 0.5) is 0 Å². The molecule has 0 fully saturated rings. The molecule has 0 radical (unpaired) electrons. The second-order valence-corrected chi connectivity index (χ2v) is 4.32. The molecule has 0 spiro atoms. The fraction of sp³-hybridized carbons (Fsp3) is 0.462. The third kappa shape index (κ3) is 1.95. The maximum absolute atomic E-state index is 11.8. The van der Waals surface area contributed by atoms with Crippen LogP contribution in [0.25, 0.3) is 0 Å². The van der Waals surface area contributed by atoms with Crippen LogP contribution < -0.4 is 4.74 Å². The number of aliphatic hydroxyl groups is 2. The molecule has 1 aliphatic rings. The lowest BCUT2D eigenvalue weighted by Crippen LogP contribution is -2.17. The van der Waals surface area contributed by atoms with Gasteiger partial charge in [-0.1, -0.05) is 0 Å². The number of carbonyl (C=O) groups is 1. The van der Waals surface area contributed by atoms with Crippen LogP contribution in [-0.2, 0) is 6.42 Å². The Morgan fingerprint density at radius 2 is 2.22 bits per heavy atom. The quantitative estimate of drug-likeness (QED) is 0.745. The zero-order valence-electron chi connectivity index (χ0n) is 10.1. The van der Waals surface area contributed by atoms with Gasteiger partial charge in [0.1, 0.15) is 11.5 Å². The third-order valence-electron chi connectivity index (χ3n) is 3.26. The highest BCUT2D eigenvalue weighted by Gasteiger charge is 2.30. The van der Waals surface area contributed by atoms with Gasteiger partial charge in [0.05, 0.1) is 18.8 Å². The van der Waals surface area contributed by atoms with E-state index >= 15 is 0 Å². The third-order valence-corrected chi connectivity index (χ3v) is 3.26. The van der Waals surface area contributed by atoms with Gasteiger partial charge in [0.2, 0.25) is 0 Å². The number of phenols is 1. The first kappa shape index (κ1) is 12.9. The SMILES string of the molecule is COc1cc2c(c(O)c1CCO)C(=O)CC[C@@H]2O. The maximum atomic E-state index is 11.8. The number of aliphatic hydroxyl groups excluding tert-OH is 2. The van der Waals surface area contributed by atoms with Crippen molar-refractivity contribution >= 4 is 5.78 Å². The van der Waals surface area contributed by atoms with Crippen molar-refractivity contribution in [2.45, 2.75) is 25.4 Å². The second kappa shape index (κ2) is 4.96. The molecule has 1 aliphatic carbocycles. The van der Waals surface area contributed by atoms with Crippen molar-refractivity contribution in [2.24, 2.45) is 0 Å². The van der Waals surface area contributed by atoms with E-state index in [4.69, 9.17) is 9.84 Å². The molecule has 1 aromatic rings. The maximum Gasteiger partial charge on any atom is 0.167 e. The number of hydrogen-bond acceptors (Lipinski definition) is 5. The minimum Gasteiger partial charge on any atom is -0.507 e. The highest BCUT2D eigenvalue weighted by Crippen LogP contribution is 2.41. The van der Waals surface area contributed by atoms with Crippen LogP contribution >= 0.6 is 0 Å². The highest BCUT2D eigenvalue weighted by molar-refractivity contribution is 6.02. The minimum absolute atomic E-state index is 0.153. The molecule has 0 amide bonds. The number of carbonyl (C=O) groups excluding carboxylic acids is 1. The van der Waals surface area contributed by atoms with Gasteiger partial charge < -0.3 is 20.1 Å². The van der Waals surface area contributed by atoms with Gasteiger partial charge in [-0.25, -0.2) is 0 Å². The van der Waals surface area contributed by atoms with Crippen LogP contribution in [0.3, 0.4) is 0 Å². The number of aromatic hydroxyl groups is 1. The molecule has 18 heavy (non-hydrogen) atoms. The predicted octanol–water partition coefficient (Wildman–Crippen LogP) is 0.945. The van der Waals surface area contributed by atoms with Crippen LogP contribution in [0.1, 0.15) is 40.4 Å². The fourth-order valence-electron chi connectivity index (χ4n) is 2.34. The van der Waals surface area contributed by atoms with Crippen molar-refractivity contribution in [3.05, 3.63) is 22.8 Å². The van der Waals surface area contributed by atoms with E-state index in [9.17, 15) is 15.0 Å². The molecule has 1 atom stereocenters. The van der Waals surface area contributed by atoms with E-state index in [1.807, 2.05) is 0 Å². The molecule has 0 aromatic heterocycles. The summed E-state index contributed by atoms with van der Waals surface area (Å²) in [5.74, 6) is 0.0193. The monoisotopic (exact) mass is 252 g/mol. The molecular weight excluding hydrogens is 236 g/mol. The lowest BCUT2D eigenvalue weighted by molar-refractivity contribution is 0.0891. The number of ether oxygens (including phenoxy) is 1. The number of methoxy groups -OCH3 is 1. The Bertz CT molecular complexity index is 481. The first-order chi connectivity index (χ1) is 8.60. The minimum atomic E-state index is -0.763. The van der Waals surface area contributed by atoms with Gasteiger partial charge in [0.25, 0.3) is 0 Å². The van der Waals surface area contributed by atoms with E-state index in [1.165, 1.54) is 7.11 Å². The molecule has 1 aromatic carbocycles. The van der Waals surface area contributed by atoms with Gasteiger partial charge in [-0.05, 0) is 18.1 Å². The molecule has 5 heteroatoms. The zero-order chi connectivity index (χ0) is 13.3. The highest BCUT2D eigenvalue weighted by atomic mass is 16.5. The number of hydrogen-bond donors (Lipinski definition) is 3. The Balaban J connectivity index is 2.65. The van der Waals surface area contributed by atoms with Crippen molar-refractivity contribution in [3.8, 4) is 11.5 Å². The average molecular weight is 252 g/mol. The lowest BCUT2D eigenvalue weighted by atomic mass is 9.85. The predicted molar refractivity (Wildman–Crippen MR) is 64.0 cm³/mol. The van der Waals surface area contributed by atoms with E-state index in [0.29, 0.717) is 23.3 Å². The Morgan fingerprint density at radius 3 is 2.83 bits per heavy atom. The van der Waals surface area contributed by atoms with Gasteiger partial charge in [0, 0.05) is 25.0 Å². The molecule has 5 nitrogen and oxygen atoms in total. The van der Waals surface area contributed by atoms with Crippen molar-refractivity contribution < 1.29 is 24.9 Å². The van der Waals surface area contributed by atoms with Crippen LogP contribution in [0.15, 0.2) is 6.07 Å². The van der Waals surface area contributed by atoms with Crippen molar-refractivity contribution in [3.63, 3.8) is 0 Å². The average Bonchev–Trinajstić information content (AvgIpc) is 2.36. The summed E-state index contributed by atoms with van der Waals surface area (Å²) in [6.45, 7) is -0.153. The van der Waals surface area contributed by atoms with Crippen molar-refractivity contribution in [2.75, 3.05) is 13.7 Å². The van der Waals surface area contributed by atoms with E-state index in [2.05, 4.69) is 0 Å². The van der Waals surface area contributed by atoms with Crippen LogP contribution in [0.2, 0.25) is 0 Å². The standard InChI is InChI=1S/C13H16O5/c1-18-11-6-8-9(15)2-3-10(16)12(8)13(17)7(11)4-5-14/h6,9,14-15,17H,2-5H2,1H3/t9-/m0/s1. The molecule has 98 valence electrons. The molecule has 2 rings (SSSR count). The number of benzene rings is 1. The molecule has 0 heterocycles. The Morgan fingerprint density at radius 1 is 1.50 bits per heavy atom.